The highest BCUT2D eigenvalue weighted by molar-refractivity contribution is 7.47. The zero-order valence-electron chi connectivity index (χ0n) is 4.76. The highest BCUT2D eigenvalue weighted by Crippen LogP contribution is 2.05. The monoisotopic (exact) mass is 119 g/mol. The Hall–Kier alpha value is -0.180. The third kappa shape index (κ3) is 5.82. The zero-order valence-corrected chi connectivity index (χ0v) is 5.58. The Morgan fingerprint density at radius 1 is 1.43 bits per heavy atom. The molecule has 0 aliphatic carbocycles. The number of hydrogen-bond donors (Lipinski definition) is 0. The van der Waals surface area contributed by atoms with Gasteiger partial charge in [0, 0.05) is 0 Å². The van der Waals surface area contributed by atoms with Gasteiger partial charge < -0.3 is 4.84 Å². The first-order valence-electron chi connectivity index (χ1n) is 2.07. The van der Waals surface area contributed by atoms with Crippen LogP contribution >= 0.6 is 0 Å². The van der Waals surface area contributed by atoms with Gasteiger partial charge in [0.2, 0.25) is 0 Å². The predicted molar refractivity (Wildman–Crippen MR) is 30.6 cm³/mol. The second-order valence-electron chi connectivity index (χ2n) is 2.28. The maximum Gasteiger partial charge on any atom is 0.130 e. The lowest BCUT2D eigenvalue weighted by Gasteiger charge is -2.12. The minimum absolute atomic E-state index is 0.220. The normalized spacial score (nSPS) is 10.7. The summed E-state index contributed by atoms with van der Waals surface area (Å²) in [5.41, 5.74) is -0.220. The fourth-order valence-electron chi connectivity index (χ4n) is 0.112. The second kappa shape index (κ2) is 2.21. The molecule has 0 bridgehead atoms. The molecule has 2 nitrogen and oxygen atoms in total. The molecule has 0 heterocycles. The molecule has 0 spiro atoms. The summed E-state index contributed by atoms with van der Waals surface area (Å²) >= 11 is 4.20. The molecule has 0 aliphatic heterocycles. The van der Waals surface area contributed by atoms with Crippen molar-refractivity contribution < 1.29 is 4.84 Å². The van der Waals surface area contributed by atoms with Crippen LogP contribution in [-0.2, 0) is 17.3 Å². The van der Waals surface area contributed by atoms with Crippen LogP contribution in [0, 0.1) is 0 Å². The fraction of sp³-hybridized carbons (Fsp3) is 1.00. The summed E-state index contributed by atoms with van der Waals surface area (Å²) < 4.78 is 3.09. The summed E-state index contributed by atoms with van der Waals surface area (Å²) in [6, 6.07) is 0. The van der Waals surface area contributed by atoms with Crippen LogP contribution in [0.3, 0.4) is 0 Å². The van der Waals surface area contributed by atoms with Crippen molar-refractivity contribution in [2.24, 2.45) is 4.53 Å². The van der Waals surface area contributed by atoms with Crippen LogP contribution in [0.2, 0.25) is 0 Å². The molecule has 7 heavy (non-hydrogen) atoms. The van der Waals surface area contributed by atoms with E-state index in [4.69, 9.17) is 0 Å². The van der Waals surface area contributed by atoms with E-state index in [1.807, 2.05) is 20.8 Å². The molecule has 0 N–H and O–H groups in total. The minimum atomic E-state index is -0.220. The third-order valence-electron chi connectivity index (χ3n) is 0.311. The third-order valence-corrected chi connectivity index (χ3v) is 0.386. The maximum absolute atomic E-state index is 4.67. The molecule has 0 amide bonds. The van der Waals surface area contributed by atoms with Crippen LogP contribution in [0.1, 0.15) is 20.8 Å². The van der Waals surface area contributed by atoms with Crippen molar-refractivity contribution >= 4 is 12.4 Å². The first-order chi connectivity index (χ1) is 3.06. The highest BCUT2D eigenvalue weighted by Gasteiger charge is 2.08. The molecule has 0 fully saturated rings. The average Bonchev–Trinajstić information content (AvgIpc) is 1.30. The Balaban J connectivity index is 3.34. The number of hydrogen-bond acceptors (Lipinski definition) is 3. The Labute approximate surface area is 49.0 Å². The van der Waals surface area contributed by atoms with Crippen molar-refractivity contribution in [3.8, 4) is 0 Å². The van der Waals surface area contributed by atoms with Crippen molar-refractivity contribution in [3.63, 3.8) is 0 Å². The lowest BCUT2D eigenvalue weighted by Crippen LogP contribution is -2.14. The van der Waals surface area contributed by atoms with Crippen molar-refractivity contribution in [1.29, 1.82) is 0 Å². The van der Waals surface area contributed by atoms with Gasteiger partial charge in [-0.1, -0.05) is 0 Å². The Bertz CT molecular complexity index is 66.6. The summed E-state index contributed by atoms with van der Waals surface area (Å²) in [6.45, 7) is 5.68. The fourth-order valence-corrected chi connectivity index (χ4v) is 0.335. The molecule has 0 aromatic heterocycles. The Morgan fingerprint density at radius 3 is 1.86 bits per heavy atom. The van der Waals surface area contributed by atoms with Gasteiger partial charge >= 0.3 is 0 Å². The van der Waals surface area contributed by atoms with Gasteiger partial charge in [0.1, 0.15) is 5.60 Å². The van der Waals surface area contributed by atoms with Gasteiger partial charge in [-0.25, -0.2) is 0 Å². The van der Waals surface area contributed by atoms with Crippen molar-refractivity contribution in [2.45, 2.75) is 26.4 Å². The highest BCUT2D eigenvalue weighted by atomic mass is 32.1. The molecular formula is C4H9NOS. The first kappa shape index (κ1) is 6.82. The van der Waals surface area contributed by atoms with E-state index in [-0.39, 0.29) is 5.60 Å². The Morgan fingerprint density at radius 2 is 1.86 bits per heavy atom. The minimum Gasteiger partial charge on any atom is -0.380 e. The van der Waals surface area contributed by atoms with Crippen LogP contribution < -0.4 is 0 Å². The first-order valence-corrected chi connectivity index (χ1v) is 2.43. The van der Waals surface area contributed by atoms with Crippen LogP contribution in [-0.4, -0.2) is 5.60 Å². The van der Waals surface area contributed by atoms with Crippen molar-refractivity contribution in [1.82, 2.24) is 0 Å². The molecule has 0 aliphatic rings. The zero-order chi connectivity index (χ0) is 5.91. The van der Waals surface area contributed by atoms with E-state index >= 15 is 0 Å². The lowest BCUT2D eigenvalue weighted by molar-refractivity contribution is 0.00590. The van der Waals surface area contributed by atoms with E-state index in [0.717, 1.165) is 0 Å². The van der Waals surface area contributed by atoms with Crippen LogP contribution in [0.25, 0.3) is 0 Å². The average molecular weight is 119 g/mol. The molecule has 0 saturated carbocycles. The standard InChI is InChI=1S/C4H9NOS/c1-4(2,3)6-5-7/h1-3H3. The quantitative estimate of drug-likeness (QED) is 0.487. The van der Waals surface area contributed by atoms with E-state index in [9.17, 15) is 0 Å². The molecule has 42 valence electrons. The van der Waals surface area contributed by atoms with Gasteiger partial charge in [-0.2, -0.15) is 0 Å². The molecule has 3 heteroatoms. The van der Waals surface area contributed by atoms with Gasteiger partial charge in [-0.3, -0.25) is 0 Å². The number of rotatable bonds is 1. The van der Waals surface area contributed by atoms with Gasteiger partial charge in [-0.15, -0.1) is 0 Å². The van der Waals surface area contributed by atoms with E-state index in [0.29, 0.717) is 0 Å². The molecule has 0 aromatic rings. The summed E-state index contributed by atoms with van der Waals surface area (Å²) in [7, 11) is 0. The van der Waals surface area contributed by atoms with Gasteiger partial charge in [0.25, 0.3) is 0 Å². The van der Waals surface area contributed by atoms with Crippen molar-refractivity contribution in [2.75, 3.05) is 0 Å². The van der Waals surface area contributed by atoms with Crippen LogP contribution in [0.15, 0.2) is 4.53 Å². The summed E-state index contributed by atoms with van der Waals surface area (Å²) in [6.07, 6.45) is 0. The van der Waals surface area contributed by atoms with Crippen molar-refractivity contribution in [3.05, 3.63) is 0 Å². The molecule has 0 unspecified atom stereocenters. The molecule has 0 radical (unpaired) electrons. The Kier molecular flexibility index (Phi) is 2.15. The molecule has 0 saturated heterocycles. The van der Waals surface area contributed by atoms with Gasteiger partial charge in [0.15, 0.2) is 0 Å². The summed E-state index contributed by atoms with van der Waals surface area (Å²) in [5.74, 6) is 0. The molecule has 0 rings (SSSR count). The SMILES string of the molecule is CC(C)(C)ON=S. The molecule has 0 aromatic carbocycles. The van der Waals surface area contributed by atoms with Crippen LogP contribution in [0.5, 0.6) is 0 Å². The van der Waals surface area contributed by atoms with Gasteiger partial charge in [-0.05, 0) is 25.3 Å². The predicted octanol–water partition coefficient (Wildman–Crippen LogP) is 1.45. The van der Waals surface area contributed by atoms with E-state index in [1.165, 1.54) is 0 Å². The molecule has 0 atom stereocenters. The largest absolute Gasteiger partial charge is 0.380 e. The van der Waals surface area contributed by atoms with E-state index in [2.05, 4.69) is 21.8 Å². The lowest BCUT2D eigenvalue weighted by atomic mass is 10.2. The molecular weight excluding hydrogens is 110 g/mol. The second-order valence-corrected chi connectivity index (χ2v) is 2.43. The smallest absolute Gasteiger partial charge is 0.130 e. The maximum atomic E-state index is 4.67. The van der Waals surface area contributed by atoms with E-state index in [1.54, 1.807) is 0 Å². The summed E-state index contributed by atoms with van der Waals surface area (Å²) in [4.78, 5) is 4.67. The topological polar surface area (TPSA) is 21.6 Å². The van der Waals surface area contributed by atoms with Gasteiger partial charge in [0.05, 0.1) is 12.4 Å². The number of nitrogens with zero attached hydrogens (tertiary/aromatic N) is 1. The van der Waals surface area contributed by atoms with Crippen LogP contribution in [0.4, 0.5) is 0 Å². The summed E-state index contributed by atoms with van der Waals surface area (Å²) in [5, 5.41) is 0. The van der Waals surface area contributed by atoms with E-state index < -0.39 is 0 Å².